The molecule has 0 spiro atoms. The summed E-state index contributed by atoms with van der Waals surface area (Å²) in [6.07, 6.45) is 0.363. The van der Waals surface area contributed by atoms with Crippen molar-refractivity contribution < 1.29 is 9.53 Å². The van der Waals surface area contributed by atoms with Crippen LogP contribution in [0.3, 0.4) is 0 Å². The van der Waals surface area contributed by atoms with Crippen LogP contribution < -0.4 is 10.5 Å². The van der Waals surface area contributed by atoms with Gasteiger partial charge in [-0.3, -0.25) is 4.79 Å². The minimum Gasteiger partial charge on any atom is -0.489 e. The Hall–Kier alpha value is -2.13. The van der Waals surface area contributed by atoms with Crippen LogP contribution in [0.25, 0.3) is 0 Å². The normalized spacial score (nSPS) is 10.2. The van der Waals surface area contributed by atoms with Crippen molar-refractivity contribution in [3.05, 3.63) is 65.7 Å². The lowest BCUT2D eigenvalue weighted by Gasteiger charge is -2.07. The first-order valence-corrected chi connectivity index (χ1v) is 6.29. The quantitative estimate of drug-likeness (QED) is 0.807. The summed E-state index contributed by atoms with van der Waals surface area (Å²) >= 11 is 0. The van der Waals surface area contributed by atoms with Gasteiger partial charge in [0.1, 0.15) is 12.4 Å². The maximum Gasteiger partial charge on any atom is 0.164 e. The Morgan fingerprint density at radius 3 is 2.58 bits per heavy atom. The van der Waals surface area contributed by atoms with Gasteiger partial charge in [0.2, 0.25) is 0 Å². The third-order valence-electron chi connectivity index (χ3n) is 2.78. The van der Waals surface area contributed by atoms with E-state index >= 15 is 0 Å². The fourth-order valence-electron chi connectivity index (χ4n) is 1.78. The van der Waals surface area contributed by atoms with Crippen molar-refractivity contribution in [2.24, 2.45) is 5.73 Å². The minimum atomic E-state index is 0.0488. The predicted octanol–water partition coefficient (Wildman–Crippen LogP) is 2.80. The summed E-state index contributed by atoms with van der Waals surface area (Å²) in [7, 11) is 0. The summed E-state index contributed by atoms with van der Waals surface area (Å²) in [5, 5.41) is 0. The molecule has 0 saturated carbocycles. The molecule has 0 aliphatic carbocycles. The van der Waals surface area contributed by atoms with Gasteiger partial charge in [0, 0.05) is 12.0 Å². The third-order valence-corrected chi connectivity index (χ3v) is 2.78. The summed E-state index contributed by atoms with van der Waals surface area (Å²) in [5.74, 6) is 0.749. The smallest absolute Gasteiger partial charge is 0.164 e. The van der Waals surface area contributed by atoms with E-state index in [-0.39, 0.29) is 5.78 Å². The summed E-state index contributed by atoms with van der Waals surface area (Å²) in [5.41, 5.74) is 7.13. The molecule has 2 rings (SSSR count). The molecule has 0 bridgehead atoms. The molecule has 0 radical (unpaired) electrons. The van der Waals surface area contributed by atoms with Gasteiger partial charge >= 0.3 is 0 Å². The molecule has 0 aliphatic rings. The van der Waals surface area contributed by atoms with Crippen LogP contribution in [0.5, 0.6) is 5.75 Å². The van der Waals surface area contributed by atoms with Crippen LogP contribution in [-0.4, -0.2) is 12.3 Å². The molecule has 2 aromatic rings. The molecule has 2 aromatic carbocycles. The van der Waals surface area contributed by atoms with Gasteiger partial charge in [-0.2, -0.15) is 0 Å². The highest BCUT2D eigenvalue weighted by atomic mass is 16.5. The second kappa shape index (κ2) is 6.71. The maximum absolute atomic E-state index is 11.7. The maximum atomic E-state index is 11.7. The van der Waals surface area contributed by atoms with Crippen LogP contribution in [0.4, 0.5) is 0 Å². The third kappa shape index (κ3) is 3.93. The molecule has 0 aliphatic heterocycles. The summed E-state index contributed by atoms with van der Waals surface area (Å²) in [6.45, 7) is 0.864. The minimum absolute atomic E-state index is 0.0488. The highest BCUT2D eigenvalue weighted by molar-refractivity contribution is 5.96. The fourth-order valence-corrected chi connectivity index (χ4v) is 1.78. The molecule has 0 saturated heterocycles. The molecule has 3 heteroatoms. The molecule has 0 amide bonds. The standard InChI is InChI=1S/C16H17NO2/c17-10-9-16(18)14-7-4-8-15(11-14)19-12-13-5-2-1-3-6-13/h1-8,11H,9-10,12,17H2. The van der Waals surface area contributed by atoms with Crippen LogP contribution in [-0.2, 0) is 6.61 Å². The van der Waals surface area contributed by atoms with Crippen molar-refractivity contribution in [3.63, 3.8) is 0 Å². The van der Waals surface area contributed by atoms with Crippen molar-refractivity contribution in [3.8, 4) is 5.75 Å². The van der Waals surface area contributed by atoms with Gasteiger partial charge in [0.15, 0.2) is 5.78 Å². The Balaban J connectivity index is 2.01. The highest BCUT2D eigenvalue weighted by Gasteiger charge is 2.05. The Labute approximate surface area is 113 Å². The number of hydrogen-bond donors (Lipinski definition) is 1. The number of benzene rings is 2. The van der Waals surface area contributed by atoms with Crippen LogP contribution in [0.2, 0.25) is 0 Å². The van der Waals surface area contributed by atoms with E-state index in [1.54, 1.807) is 12.1 Å². The number of nitrogens with two attached hydrogens (primary N) is 1. The molecule has 2 N–H and O–H groups in total. The molecular formula is C16H17NO2. The number of rotatable bonds is 6. The molecular weight excluding hydrogens is 238 g/mol. The van der Waals surface area contributed by atoms with Crippen molar-refractivity contribution in [1.29, 1.82) is 0 Å². The highest BCUT2D eigenvalue weighted by Crippen LogP contribution is 2.16. The Morgan fingerprint density at radius 1 is 1.05 bits per heavy atom. The van der Waals surface area contributed by atoms with Gasteiger partial charge < -0.3 is 10.5 Å². The number of ketones is 1. The monoisotopic (exact) mass is 255 g/mol. The summed E-state index contributed by atoms with van der Waals surface area (Å²) in [4.78, 5) is 11.7. The number of carbonyl (C=O) groups is 1. The average Bonchev–Trinajstić information content (AvgIpc) is 2.47. The Morgan fingerprint density at radius 2 is 1.84 bits per heavy atom. The average molecular weight is 255 g/mol. The van der Waals surface area contributed by atoms with Gasteiger partial charge in [0.05, 0.1) is 0 Å². The SMILES string of the molecule is NCCC(=O)c1cccc(OCc2ccccc2)c1. The topological polar surface area (TPSA) is 52.3 Å². The zero-order valence-corrected chi connectivity index (χ0v) is 10.7. The molecule has 0 aromatic heterocycles. The van der Waals surface area contributed by atoms with Gasteiger partial charge in [-0.05, 0) is 24.2 Å². The van der Waals surface area contributed by atoms with Crippen molar-refractivity contribution in [2.75, 3.05) is 6.54 Å². The second-order valence-corrected chi connectivity index (χ2v) is 4.26. The first-order valence-electron chi connectivity index (χ1n) is 6.29. The molecule has 0 atom stereocenters. The van der Waals surface area contributed by atoms with Crippen LogP contribution in [0.15, 0.2) is 54.6 Å². The van der Waals surface area contributed by atoms with Crippen molar-refractivity contribution in [1.82, 2.24) is 0 Å². The summed E-state index contributed by atoms with van der Waals surface area (Å²) in [6, 6.07) is 17.1. The van der Waals surface area contributed by atoms with E-state index in [4.69, 9.17) is 10.5 Å². The molecule has 0 fully saturated rings. The molecule has 0 heterocycles. The lowest BCUT2D eigenvalue weighted by molar-refractivity contribution is 0.0985. The van der Waals surface area contributed by atoms with E-state index in [1.165, 1.54) is 0 Å². The van der Waals surface area contributed by atoms with Crippen molar-refractivity contribution >= 4 is 5.78 Å². The van der Waals surface area contributed by atoms with Gasteiger partial charge in [-0.25, -0.2) is 0 Å². The Bertz CT molecular complexity index is 537. The zero-order valence-electron chi connectivity index (χ0n) is 10.7. The first-order chi connectivity index (χ1) is 9.29. The van der Waals surface area contributed by atoms with Crippen LogP contribution in [0.1, 0.15) is 22.3 Å². The van der Waals surface area contributed by atoms with Crippen LogP contribution in [0, 0.1) is 0 Å². The zero-order chi connectivity index (χ0) is 13.5. The number of hydrogen-bond acceptors (Lipinski definition) is 3. The Kier molecular flexibility index (Phi) is 4.70. The fraction of sp³-hybridized carbons (Fsp3) is 0.188. The molecule has 3 nitrogen and oxygen atoms in total. The van der Waals surface area contributed by atoms with Gasteiger partial charge in [-0.15, -0.1) is 0 Å². The lowest BCUT2D eigenvalue weighted by atomic mass is 10.1. The van der Waals surface area contributed by atoms with E-state index in [1.807, 2.05) is 42.5 Å². The van der Waals surface area contributed by atoms with Gasteiger partial charge in [-0.1, -0.05) is 42.5 Å². The molecule has 19 heavy (non-hydrogen) atoms. The largest absolute Gasteiger partial charge is 0.489 e. The van der Waals surface area contributed by atoms with Crippen LogP contribution >= 0.6 is 0 Å². The van der Waals surface area contributed by atoms with E-state index in [0.29, 0.717) is 30.9 Å². The number of carbonyl (C=O) groups excluding carboxylic acids is 1. The molecule has 98 valence electrons. The van der Waals surface area contributed by atoms with Crippen molar-refractivity contribution in [2.45, 2.75) is 13.0 Å². The van der Waals surface area contributed by atoms with E-state index in [9.17, 15) is 4.79 Å². The van der Waals surface area contributed by atoms with E-state index in [0.717, 1.165) is 5.56 Å². The number of Topliss-reactive ketones (excluding diaryl/α,β-unsaturated/α-hetero) is 1. The first kappa shape index (κ1) is 13.3. The number of ether oxygens (including phenoxy) is 1. The molecule has 0 unspecified atom stereocenters. The lowest BCUT2D eigenvalue weighted by Crippen LogP contribution is -2.08. The van der Waals surface area contributed by atoms with E-state index < -0.39 is 0 Å². The summed E-state index contributed by atoms with van der Waals surface area (Å²) < 4.78 is 5.68. The van der Waals surface area contributed by atoms with Gasteiger partial charge in [0.25, 0.3) is 0 Å². The second-order valence-electron chi connectivity index (χ2n) is 4.26. The van der Waals surface area contributed by atoms with E-state index in [2.05, 4.69) is 0 Å². The predicted molar refractivity (Wildman–Crippen MR) is 75.2 cm³/mol.